The van der Waals surface area contributed by atoms with Gasteiger partial charge in [-0.1, -0.05) is 41.0 Å². The highest BCUT2D eigenvalue weighted by Gasteiger charge is 2.31. The predicted molar refractivity (Wildman–Crippen MR) is 329 cm³/mol. The molecule has 0 aromatic carbocycles. The van der Waals surface area contributed by atoms with Gasteiger partial charge in [0.05, 0.1) is 0 Å². The number of carbonyl (C=O) groups excluding carboxylic acids is 11. The van der Waals surface area contributed by atoms with Crippen LogP contribution in [0.4, 0.5) is 0 Å². The number of nitrogens with one attached hydrogen (secondary N) is 11. The average molecular weight is 1360 g/mol. The Morgan fingerprint density at radius 3 is 0.684 bits per heavy atom. The van der Waals surface area contributed by atoms with Gasteiger partial charge in [-0.25, -0.2) is 33.6 Å². The summed E-state index contributed by atoms with van der Waals surface area (Å²) in [5.41, 5.74) is 0. The van der Waals surface area contributed by atoms with E-state index in [1.807, 2.05) is 20.8 Å². The van der Waals surface area contributed by atoms with E-state index in [1.165, 1.54) is 6.92 Å². The molecule has 11 amide bonds. The SMILES string of the molecule is CCCCNC(=O)CC[C@H](NC(=O)CC[C@H](NC(=O)CC[C@H](NC(=O)CC[C@H](NC(=O)CC[C@H](NC(=O)CCCNC(=O)CC[C@H](NC(=O)CC[C@H](NC(=O)CC[C@H](NC(=O)CC[C@H](NC(C)=O)C(C)C)C(=O)O)C(C)C)C(=O)O)C(=O)O)C(=O)O)C(=O)O)C(=O)O)C(=O)O. The lowest BCUT2D eigenvalue weighted by atomic mass is 9.98. The van der Waals surface area contributed by atoms with E-state index in [-0.39, 0.29) is 101 Å². The Morgan fingerprint density at radius 2 is 0.463 bits per heavy atom. The normalized spacial score (nSPS) is 13.8. The maximum absolute atomic E-state index is 12.9. The molecule has 0 aromatic rings. The van der Waals surface area contributed by atoms with Gasteiger partial charge in [0.15, 0.2) is 0 Å². The molecule has 0 aliphatic carbocycles. The number of rotatable bonds is 52. The van der Waals surface area contributed by atoms with Crippen molar-refractivity contribution in [3.63, 3.8) is 0 Å². The van der Waals surface area contributed by atoms with Crippen molar-refractivity contribution in [2.75, 3.05) is 13.1 Å². The van der Waals surface area contributed by atoms with E-state index in [0.29, 0.717) is 13.0 Å². The molecule has 36 nitrogen and oxygen atoms in total. The van der Waals surface area contributed by atoms with Crippen LogP contribution in [0, 0.1) is 11.8 Å². The quantitative estimate of drug-likeness (QED) is 0.0296. The highest BCUT2D eigenvalue weighted by molar-refractivity contribution is 5.90. The van der Waals surface area contributed by atoms with Gasteiger partial charge in [0, 0.05) is 96.3 Å². The Hall–Kier alpha value is -9.54. The molecule has 0 heterocycles. The van der Waals surface area contributed by atoms with Crippen LogP contribution in [-0.4, -0.2) is 210 Å². The van der Waals surface area contributed by atoms with Crippen molar-refractivity contribution >= 4 is 107 Å². The molecule has 0 rings (SSSR count). The molecule has 0 unspecified atom stereocenters. The zero-order chi connectivity index (χ0) is 72.5. The Labute approximate surface area is 547 Å². The van der Waals surface area contributed by atoms with Crippen molar-refractivity contribution in [3.05, 3.63) is 0 Å². The van der Waals surface area contributed by atoms with Gasteiger partial charge in [0.25, 0.3) is 0 Å². The van der Waals surface area contributed by atoms with Crippen molar-refractivity contribution in [1.29, 1.82) is 0 Å². The van der Waals surface area contributed by atoms with Gasteiger partial charge in [-0.3, -0.25) is 52.7 Å². The summed E-state index contributed by atoms with van der Waals surface area (Å²) in [5, 5.41) is 93.5. The van der Waals surface area contributed by atoms with Gasteiger partial charge in [0.1, 0.15) is 42.3 Å². The van der Waals surface area contributed by atoms with E-state index < -0.39 is 207 Å². The standard InChI is InChI=1S/C59H95N11O25/c1-7-8-29-60-43(72)20-13-37(54(84)85)66-49(78)26-17-40(57(90)91)69-51(80)28-19-42(59(94)95)70-52(81)27-18-41(58(92)93)68-50(79)25-16-38(55(86)87)64-45(74)10-9-30-61-44(73)21-14-36(53(82)83)65-48(77)23-12-35(32(4)5)63-46(75)24-15-39(56(88)89)67-47(76)22-11-34(31(2)3)62-33(6)71/h31-32,34-42H,7-30H2,1-6H3,(H,60,72)(H,61,73)(H,62,71)(H,63,75)(H,64,74)(H,65,77)(H,66,78)(H,67,76)(H,68,79)(H,69,80)(H,70,81)(H,82,83)(H,84,85)(H,86,87)(H,88,89)(H,90,91)(H,92,93)(H,94,95)/t34-,35-,36-,37-,38-,39-,40-,41-,42-/m0/s1. The second kappa shape index (κ2) is 46.5. The summed E-state index contributed by atoms with van der Waals surface area (Å²) in [5.74, 6) is -19.0. The number of carboxylic acids is 7. The highest BCUT2D eigenvalue weighted by Crippen LogP contribution is 2.14. The first-order valence-electron chi connectivity index (χ1n) is 31.2. The fourth-order valence-electron chi connectivity index (χ4n) is 8.91. The van der Waals surface area contributed by atoms with Crippen molar-refractivity contribution in [2.24, 2.45) is 11.8 Å². The molecule has 0 saturated carbocycles. The van der Waals surface area contributed by atoms with Gasteiger partial charge in [-0.15, -0.1) is 0 Å². The number of aliphatic carboxylic acids is 7. The van der Waals surface area contributed by atoms with Crippen LogP contribution in [0.5, 0.6) is 0 Å². The maximum atomic E-state index is 12.9. The largest absolute Gasteiger partial charge is 0.480 e. The number of amides is 11. The van der Waals surface area contributed by atoms with Crippen LogP contribution in [0.1, 0.15) is 183 Å². The molecule has 36 heteroatoms. The molecule has 0 fully saturated rings. The zero-order valence-corrected chi connectivity index (χ0v) is 54.3. The molecule has 0 aliphatic rings. The van der Waals surface area contributed by atoms with Crippen LogP contribution in [0.2, 0.25) is 0 Å². The fraction of sp³-hybridized carbons (Fsp3) is 0.695. The van der Waals surface area contributed by atoms with Gasteiger partial charge < -0.3 is 94.2 Å². The molecule has 0 radical (unpaired) electrons. The van der Waals surface area contributed by atoms with Crippen molar-refractivity contribution in [3.8, 4) is 0 Å². The minimum Gasteiger partial charge on any atom is -0.480 e. The van der Waals surface area contributed by atoms with Crippen LogP contribution in [0.15, 0.2) is 0 Å². The summed E-state index contributed by atoms with van der Waals surface area (Å²) < 4.78 is 0. The van der Waals surface area contributed by atoms with Gasteiger partial charge in [-0.05, 0) is 82.5 Å². The minimum atomic E-state index is -1.77. The molecule has 9 atom stereocenters. The molecule has 536 valence electrons. The molecular formula is C59H95N11O25. The summed E-state index contributed by atoms with van der Waals surface area (Å²) in [7, 11) is 0. The first-order chi connectivity index (χ1) is 44.4. The fourth-order valence-corrected chi connectivity index (χ4v) is 8.91. The molecule has 0 bridgehead atoms. The van der Waals surface area contributed by atoms with Crippen molar-refractivity contribution in [2.45, 2.75) is 237 Å². The lowest BCUT2D eigenvalue weighted by Gasteiger charge is -2.23. The Bertz CT molecular complexity index is 2670. The first kappa shape index (κ1) is 85.5. The third kappa shape index (κ3) is 40.2. The lowest BCUT2D eigenvalue weighted by Crippen LogP contribution is -2.46. The third-order valence-electron chi connectivity index (χ3n) is 14.5. The molecule has 0 saturated heterocycles. The van der Waals surface area contributed by atoms with Gasteiger partial charge in [-0.2, -0.15) is 0 Å². The van der Waals surface area contributed by atoms with E-state index in [0.717, 1.165) is 6.42 Å². The van der Waals surface area contributed by atoms with Crippen LogP contribution in [-0.2, 0) is 86.3 Å². The summed E-state index contributed by atoms with van der Waals surface area (Å²) in [6.45, 7) is 10.7. The first-order valence-corrected chi connectivity index (χ1v) is 31.2. The molecule has 0 aromatic heterocycles. The summed E-state index contributed by atoms with van der Waals surface area (Å²) >= 11 is 0. The summed E-state index contributed by atoms with van der Waals surface area (Å²) in [6.07, 6.45) is -5.63. The number of carboxylic acid groups (broad SMARTS) is 7. The third-order valence-corrected chi connectivity index (χ3v) is 14.5. The second-order valence-corrected chi connectivity index (χ2v) is 23.2. The van der Waals surface area contributed by atoms with E-state index in [9.17, 15) is 122 Å². The van der Waals surface area contributed by atoms with E-state index in [2.05, 4.69) is 58.5 Å². The van der Waals surface area contributed by atoms with Gasteiger partial charge in [0.2, 0.25) is 65.0 Å². The van der Waals surface area contributed by atoms with E-state index >= 15 is 0 Å². The highest BCUT2D eigenvalue weighted by atomic mass is 16.4. The van der Waals surface area contributed by atoms with E-state index in [1.54, 1.807) is 13.8 Å². The molecule has 0 aliphatic heterocycles. The predicted octanol–water partition coefficient (Wildman–Crippen LogP) is -1.89. The lowest BCUT2D eigenvalue weighted by molar-refractivity contribution is -0.144. The van der Waals surface area contributed by atoms with Gasteiger partial charge >= 0.3 is 41.8 Å². The average Bonchev–Trinajstić information content (AvgIpc) is 1.34. The molecular weight excluding hydrogens is 1260 g/mol. The Morgan fingerprint density at radius 1 is 0.263 bits per heavy atom. The number of carbonyl (C=O) groups is 18. The topological polar surface area (TPSA) is 581 Å². The van der Waals surface area contributed by atoms with Crippen LogP contribution >= 0.6 is 0 Å². The molecule has 18 N–H and O–H groups in total. The summed E-state index contributed by atoms with van der Waals surface area (Å²) in [6, 6.07) is -12.2. The smallest absolute Gasteiger partial charge is 0.326 e. The van der Waals surface area contributed by atoms with Crippen LogP contribution < -0.4 is 58.5 Å². The second-order valence-electron chi connectivity index (χ2n) is 23.2. The summed E-state index contributed by atoms with van der Waals surface area (Å²) in [4.78, 5) is 221. The monoisotopic (exact) mass is 1360 g/mol. The zero-order valence-electron chi connectivity index (χ0n) is 54.3. The molecule has 0 spiro atoms. The Balaban J connectivity index is 5.03. The van der Waals surface area contributed by atoms with Crippen LogP contribution in [0.3, 0.4) is 0 Å². The minimum absolute atomic E-state index is 0.00746. The van der Waals surface area contributed by atoms with Crippen molar-refractivity contribution in [1.82, 2.24) is 58.5 Å². The number of unbranched alkanes of at least 4 members (excludes halogenated alkanes) is 1. The van der Waals surface area contributed by atoms with Crippen molar-refractivity contribution < 1.29 is 122 Å². The number of hydrogen-bond acceptors (Lipinski definition) is 18. The molecule has 95 heavy (non-hydrogen) atoms. The van der Waals surface area contributed by atoms with E-state index in [4.69, 9.17) is 0 Å². The Kier molecular flexibility index (Phi) is 41.8. The van der Waals surface area contributed by atoms with Crippen LogP contribution in [0.25, 0.3) is 0 Å². The maximum Gasteiger partial charge on any atom is 0.326 e. The number of hydrogen-bond donors (Lipinski definition) is 18.